The van der Waals surface area contributed by atoms with Crippen molar-refractivity contribution in [1.29, 1.82) is 0 Å². The van der Waals surface area contributed by atoms with Crippen LogP contribution in [0.1, 0.15) is 45.1 Å². The summed E-state index contributed by atoms with van der Waals surface area (Å²) in [5, 5.41) is 0. The van der Waals surface area contributed by atoms with Gasteiger partial charge in [-0.3, -0.25) is 9.69 Å². The fraction of sp³-hybridized carbons (Fsp3) is 0.714. The first-order valence-electron chi connectivity index (χ1n) is 6.92. The first-order valence-corrected chi connectivity index (χ1v) is 6.92. The smallest absolute Gasteiger partial charge is 0.251 e. The first kappa shape index (κ1) is 14.2. The quantitative estimate of drug-likeness (QED) is 0.900. The molecule has 0 saturated carbocycles. The zero-order valence-corrected chi connectivity index (χ0v) is 12.1. The molecule has 0 unspecified atom stereocenters. The van der Waals surface area contributed by atoms with Crippen molar-refractivity contribution in [3.63, 3.8) is 0 Å². The number of rotatable bonds is 3. The van der Waals surface area contributed by atoms with Crippen molar-refractivity contribution < 1.29 is 4.74 Å². The van der Waals surface area contributed by atoms with E-state index in [1.807, 2.05) is 13.8 Å². The average Bonchev–Trinajstić information content (AvgIpc) is 2.26. The Kier molecular flexibility index (Phi) is 4.37. The van der Waals surface area contributed by atoms with Crippen molar-refractivity contribution in [2.45, 2.75) is 52.4 Å². The zero-order valence-electron chi connectivity index (χ0n) is 12.1. The molecule has 0 amide bonds. The number of hydrogen-bond donors (Lipinski definition) is 1. The lowest BCUT2D eigenvalue weighted by Gasteiger charge is -2.35. The van der Waals surface area contributed by atoms with Crippen LogP contribution in [0.4, 0.5) is 0 Å². The van der Waals surface area contributed by atoms with E-state index in [1.54, 1.807) is 6.07 Å². The summed E-state index contributed by atoms with van der Waals surface area (Å²) in [5.74, 6) is 0.993. The highest BCUT2D eigenvalue weighted by molar-refractivity contribution is 5.05. The van der Waals surface area contributed by atoms with E-state index in [1.165, 1.54) is 0 Å². The van der Waals surface area contributed by atoms with Gasteiger partial charge in [-0.25, -0.2) is 4.98 Å². The minimum Gasteiger partial charge on any atom is -0.373 e. The van der Waals surface area contributed by atoms with Gasteiger partial charge in [0.1, 0.15) is 5.82 Å². The van der Waals surface area contributed by atoms with Gasteiger partial charge in [0.2, 0.25) is 0 Å². The predicted molar refractivity (Wildman–Crippen MR) is 74.2 cm³/mol. The van der Waals surface area contributed by atoms with Crippen LogP contribution in [-0.2, 0) is 11.3 Å². The monoisotopic (exact) mass is 265 g/mol. The molecule has 1 aromatic rings. The highest BCUT2D eigenvalue weighted by Crippen LogP contribution is 2.13. The summed E-state index contributed by atoms with van der Waals surface area (Å²) in [7, 11) is 0. The van der Waals surface area contributed by atoms with Crippen LogP contribution >= 0.6 is 0 Å². The van der Waals surface area contributed by atoms with Crippen LogP contribution < -0.4 is 5.56 Å². The van der Waals surface area contributed by atoms with Gasteiger partial charge in [-0.15, -0.1) is 0 Å². The Hall–Kier alpha value is -1.20. The first-order chi connectivity index (χ1) is 8.94. The van der Waals surface area contributed by atoms with Crippen molar-refractivity contribution in [2.75, 3.05) is 13.1 Å². The van der Waals surface area contributed by atoms with Crippen LogP contribution in [0.2, 0.25) is 0 Å². The Morgan fingerprint density at radius 3 is 2.63 bits per heavy atom. The Morgan fingerprint density at radius 1 is 1.42 bits per heavy atom. The van der Waals surface area contributed by atoms with Gasteiger partial charge in [0.15, 0.2) is 0 Å². The molecule has 19 heavy (non-hydrogen) atoms. The van der Waals surface area contributed by atoms with Crippen LogP contribution in [0, 0.1) is 0 Å². The molecule has 0 aliphatic carbocycles. The molecule has 106 valence electrons. The molecule has 0 bridgehead atoms. The molecule has 0 spiro atoms. The molecule has 2 heterocycles. The number of nitrogens with zero attached hydrogens (tertiary/aromatic N) is 2. The van der Waals surface area contributed by atoms with E-state index in [0.29, 0.717) is 6.54 Å². The number of aromatic nitrogens is 2. The standard InChI is InChI=1S/C14H23N3O2/c1-9(2)14-15-12(5-13(18)16-14)8-17-6-10(3)19-11(4)7-17/h5,9-11H,6-8H2,1-4H3,(H,15,16,18)/t10-,11-/m1/s1. The lowest BCUT2D eigenvalue weighted by Crippen LogP contribution is -2.45. The predicted octanol–water partition coefficient (Wildman–Crippen LogP) is 1.50. The average molecular weight is 265 g/mol. The van der Waals surface area contributed by atoms with Crippen molar-refractivity contribution >= 4 is 0 Å². The summed E-state index contributed by atoms with van der Waals surface area (Å²) in [4.78, 5) is 21.3. The SMILES string of the molecule is CC(C)c1nc(CN2C[C@@H](C)O[C@H](C)C2)cc(=O)[nH]1. The number of nitrogens with one attached hydrogen (secondary N) is 1. The topological polar surface area (TPSA) is 58.2 Å². The molecule has 2 rings (SSSR count). The molecule has 1 aliphatic heterocycles. The molecule has 1 N–H and O–H groups in total. The summed E-state index contributed by atoms with van der Waals surface area (Å²) in [6.07, 6.45) is 0.464. The van der Waals surface area contributed by atoms with Crippen molar-refractivity contribution in [3.8, 4) is 0 Å². The minimum absolute atomic E-state index is 0.0666. The third kappa shape index (κ3) is 3.88. The normalized spacial score (nSPS) is 24.9. The van der Waals surface area contributed by atoms with Crippen LogP contribution in [0.15, 0.2) is 10.9 Å². The fourth-order valence-electron chi connectivity index (χ4n) is 2.53. The number of hydrogen-bond acceptors (Lipinski definition) is 4. The Labute approximate surface area is 114 Å². The van der Waals surface area contributed by atoms with Gasteiger partial charge < -0.3 is 9.72 Å². The molecule has 2 atom stereocenters. The second kappa shape index (κ2) is 5.84. The Balaban J connectivity index is 2.12. The van der Waals surface area contributed by atoms with Gasteiger partial charge >= 0.3 is 0 Å². The van der Waals surface area contributed by atoms with Crippen molar-refractivity contribution in [1.82, 2.24) is 14.9 Å². The molecular formula is C14H23N3O2. The number of aromatic amines is 1. The van der Waals surface area contributed by atoms with E-state index in [0.717, 1.165) is 24.6 Å². The minimum atomic E-state index is -0.0666. The van der Waals surface area contributed by atoms with Gasteiger partial charge in [0.05, 0.1) is 17.9 Å². The molecule has 1 aliphatic rings. The van der Waals surface area contributed by atoms with E-state index >= 15 is 0 Å². The molecule has 1 saturated heterocycles. The molecule has 0 aromatic carbocycles. The molecule has 5 nitrogen and oxygen atoms in total. The number of morpholine rings is 1. The van der Waals surface area contributed by atoms with E-state index in [9.17, 15) is 4.79 Å². The molecule has 1 fully saturated rings. The fourth-order valence-corrected chi connectivity index (χ4v) is 2.53. The second-order valence-corrected chi connectivity index (χ2v) is 5.73. The summed E-state index contributed by atoms with van der Waals surface area (Å²) < 4.78 is 5.71. The van der Waals surface area contributed by atoms with E-state index in [4.69, 9.17) is 4.74 Å². The van der Waals surface area contributed by atoms with Gasteiger partial charge in [0.25, 0.3) is 5.56 Å². The van der Waals surface area contributed by atoms with E-state index in [2.05, 4.69) is 28.7 Å². The number of ether oxygens (including phenoxy) is 1. The van der Waals surface area contributed by atoms with E-state index < -0.39 is 0 Å². The summed E-state index contributed by atoms with van der Waals surface area (Å²) in [5.41, 5.74) is 0.775. The highest BCUT2D eigenvalue weighted by Gasteiger charge is 2.22. The summed E-state index contributed by atoms with van der Waals surface area (Å²) in [6.45, 7) is 10.7. The van der Waals surface area contributed by atoms with Crippen LogP contribution in [0.5, 0.6) is 0 Å². The van der Waals surface area contributed by atoms with Gasteiger partial charge in [0, 0.05) is 31.6 Å². The zero-order chi connectivity index (χ0) is 14.0. The largest absolute Gasteiger partial charge is 0.373 e. The van der Waals surface area contributed by atoms with E-state index in [-0.39, 0.29) is 23.7 Å². The lowest BCUT2D eigenvalue weighted by molar-refractivity contribution is -0.0708. The lowest BCUT2D eigenvalue weighted by atomic mass is 10.2. The number of H-pyrrole nitrogens is 1. The summed E-state index contributed by atoms with van der Waals surface area (Å²) >= 11 is 0. The Morgan fingerprint density at radius 2 is 2.05 bits per heavy atom. The molecular weight excluding hydrogens is 242 g/mol. The summed E-state index contributed by atoms with van der Waals surface area (Å²) in [6, 6.07) is 1.59. The van der Waals surface area contributed by atoms with Crippen LogP contribution in [-0.4, -0.2) is 40.2 Å². The maximum absolute atomic E-state index is 11.6. The van der Waals surface area contributed by atoms with Crippen LogP contribution in [0.3, 0.4) is 0 Å². The molecule has 1 aromatic heterocycles. The maximum Gasteiger partial charge on any atom is 0.251 e. The molecule has 0 radical (unpaired) electrons. The molecule has 5 heteroatoms. The van der Waals surface area contributed by atoms with Gasteiger partial charge in [-0.2, -0.15) is 0 Å². The van der Waals surface area contributed by atoms with Gasteiger partial charge in [-0.05, 0) is 13.8 Å². The van der Waals surface area contributed by atoms with Crippen molar-refractivity contribution in [3.05, 3.63) is 27.9 Å². The van der Waals surface area contributed by atoms with Gasteiger partial charge in [-0.1, -0.05) is 13.8 Å². The Bertz CT molecular complexity index is 474. The second-order valence-electron chi connectivity index (χ2n) is 5.73. The third-order valence-electron chi connectivity index (χ3n) is 3.24. The third-order valence-corrected chi connectivity index (χ3v) is 3.24. The van der Waals surface area contributed by atoms with Crippen LogP contribution in [0.25, 0.3) is 0 Å². The van der Waals surface area contributed by atoms with Crippen molar-refractivity contribution in [2.24, 2.45) is 0 Å². The maximum atomic E-state index is 11.6. The highest BCUT2D eigenvalue weighted by atomic mass is 16.5.